The molecule has 1 heterocycles. The summed E-state index contributed by atoms with van der Waals surface area (Å²) in [7, 11) is 0. The molecule has 5 rings (SSSR count). The minimum Gasteiger partial charge on any atom is -0.478 e. The standard InChI is InChI=1S/C28H21FN4O5/c29-18-7-9-19(10-8-18)31-26(37)28(14-15-28)24(34)17-5-11-20(12-6-17)38-23-13-16-30-27(33-23)32-22-4-2-1-3-21(22)25(35)36/h1-13,16H,14-15H2,(H,31,37)(H,35,36)(H,30,32,33). The van der Waals surface area contributed by atoms with Crippen molar-refractivity contribution in [2.24, 2.45) is 5.41 Å². The molecule has 1 fully saturated rings. The van der Waals surface area contributed by atoms with E-state index in [1.165, 1.54) is 42.6 Å². The predicted molar refractivity (Wildman–Crippen MR) is 136 cm³/mol. The predicted octanol–water partition coefficient (Wildman–Crippen LogP) is 5.45. The van der Waals surface area contributed by atoms with Gasteiger partial charge < -0.3 is 20.5 Å². The van der Waals surface area contributed by atoms with Crippen molar-refractivity contribution in [3.05, 3.63) is 102 Å². The zero-order valence-electron chi connectivity index (χ0n) is 19.8. The number of carboxylic acids is 1. The van der Waals surface area contributed by atoms with E-state index in [0.29, 0.717) is 35.5 Å². The fourth-order valence-corrected chi connectivity index (χ4v) is 3.90. The molecule has 0 radical (unpaired) electrons. The minimum absolute atomic E-state index is 0.0717. The first-order valence-corrected chi connectivity index (χ1v) is 11.7. The topological polar surface area (TPSA) is 131 Å². The van der Waals surface area contributed by atoms with Crippen LogP contribution in [0, 0.1) is 11.2 Å². The number of anilines is 3. The molecule has 10 heteroatoms. The molecule has 1 aromatic heterocycles. The summed E-state index contributed by atoms with van der Waals surface area (Å²) >= 11 is 0. The van der Waals surface area contributed by atoms with Crippen LogP contribution < -0.4 is 15.4 Å². The summed E-state index contributed by atoms with van der Waals surface area (Å²) < 4.78 is 18.9. The van der Waals surface area contributed by atoms with E-state index in [0.717, 1.165) is 0 Å². The van der Waals surface area contributed by atoms with Gasteiger partial charge in [-0.15, -0.1) is 0 Å². The van der Waals surface area contributed by atoms with Crippen molar-refractivity contribution in [1.82, 2.24) is 9.97 Å². The van der Waals surface area contributed by atoms with Crippen LogP contribution in [0.15, 0.2) is 85.1 Å². The van der Waals surface area contributed by atoms with Crippen molar-refractivity contribution in [3.8, 4) is 11.6 Å². The summed E-state index contributed by atoms with van der Waals surface area (Å²) in [6.07, 6.45) is 2.32. The second-order valence-corrected chi connectivity index (χ2v) is 8.69. The fraction of sp³-hybridized carbons (Fsp3) is 0.107. The lowest BCUT2D eigenvalue weighted by molar-refractivity contribution is -0.119. The van der Waals surface area contributed by atoms with Crippen LogP contribution in [0.25, 0.3) is 0 Å². The number of Topliss-reactive ketones (excluding diaryl/α,β-unsaturated/α-hetero) is 1. The molecule has 190 valence electrons. The average molecular weight is 512 g/mol. The van der Waals surface area contributed by atoms with Gasteiger partial charge in [-0.3, -0.25) is 9.59 Å². The number of aromatic carboxylic acids is 1. The molecule has 0 unspecified atom stereocenters. The summed E-state index contributed by atoms with van der Waals surface area (Å²) in [6.45, 7) is 0. The van der Waals surface area contributed by atoms with Crippen molar-refractivity contribution >= 4 is 35.0 Å². The van der Waals surface area contributed by atoms with Crippen LogP contribution in [-0.2, 0) is 4.79 Å². The summed E-state index contributed by atoms with van der Waals surface area (Å²) in [5.74, 6) is -1.47. The van der Waals surface area contributed by atoms with Crippen LogP contribution in [0.1, 0.15) is 33.6 Å². The first-order valence-electron chi connectivity index (χ1n) is 11.7. The van der Waals surface area contributed by atoms with Crippen LogP contribution in [0.3, 0.4) is 0 Å². The van der Waals surface area contributed by atoms with Gasteiger partial charge in [-0.1, -0.05) is 12.1 Å². The van der Waals surface area contributed by atoms with Gasteiger partial charge >= 0.3 is 5.97 Å². The van der Waals surface area contributed by atoms with E-state index in [1.807, 2.05) is 0 Å². The number of hydrogen-bond donors (Lipinski definition) is 3. The highest BCUT2D eigenvalue weighted by Gasteiger charge is 2.56. The maximum Gasteiger partial charge on any atom is 0.337 e. The van der Waals surface area contributed by atoms with Crippen molar-refractivity contribution in [3.63, 3.8) is 0 Å². The quantitative estimate of drug-likeness (QED) is 0.199. The molecule has 4 aromatic rings. The average Bonchev–Trinajstić information content (AvgIpc) is 3.73. The monoisotopic (exact) mass is 512 g/mol. The lowest BCUT2D eigenvalue weighted by atomic mass is 9.93. The number of nitrogens with one attached hydrogen (secondary N) is 2. The highest BCUT2D eigenvalue weighted by Crippen LogP contribution is 2.49. The van der Waals surface area contributed by atoms with Gasteiger partial charge in [0.2, 0.25) is 17.7 Å². The number of ether oxygens (including phenoxy) is 1. The molecule has 3 N–H and O–H groups in total. The zero-order valence-corrected chi connectivity index (χ0v) is 19.8. The number of hydrogen-bond acceptors (Lipinski definition) is 7. The molecule has 1 aliphatic carbocycles. The largest absolute Gasteiger partial charge is 0.478 e. The number of nitrogens with zero attached hydrogens (tertiary/aromatic N) is 2. The normalized spacial score (nSPS) is 13.3. The molecule has 0 bridgehead atoms. The number of aromatic nitrogens is 2. The molecule has 38 heavy (non-hydrogen) atoms. The van der Waals surface area contributed by atoms with Gasteiger partial charge in [0.1, 0.15) is 17.0 Å². The molecular weight excluding hydrogens is 491 g/mol. The molecule has 1 saturated carbocycles. The Hall–Kier alpha value is -5.12. The van der Waals surface area contributed by atoms with Gasteiger partial charge in [0.05, 0.1) is 11.3 Å². The third kappa shape index (κ3) is 5.19. The van der Waals surface area contributed by atoms with Gasteiger partial charge in [0.15, 0.2) is 5.78 Å². The van der Waals surface area contributed by atoms with E-state index in [1.54, 1.807) is 42.5 Å². The third-order valence-corrected chi connectivity index (χ3v) is 6.09. The molecule has 0 atom stereocenters. The summed E-state index contributed by atoms with van der Waals surface area (Å²) in [6, 6.07) is 19.6. The van der Waals surface area contributed by atoms with Crippen LogP contribution in [0.4, 0.5) is 21.7 Å². The first kappa shape index (κ1) is 24.6. The Morgan fingerprint density at radius 1 is 0.921 bits per heavy atom. The third-order valence-electron chi connectivity index (χ3n) is 6.09. The number of halogens is 1. The van der Waals surface area contributed by atoms with E-state index in [4.69, 9.17) is 4.74 Å². The van der Waals surface area contributed by atoms with Gasteiger partial charge in [-0.05, 0) is 73.5 Å². The molecular formula is C28H21FN4O5. The lowest BCUT2D eigenvalue weighted by Crippen LogP contribution is -2.31. The number of ketones is 1. The maximum absolute atomic E-state index is 13.1. The van der Waals surface area contributed by atoms with E-state index >= 15 is 0 Å². The molecule has 0 spiro atoms. The molecule has 9 nitrogen and oxygen atoms in total. The Balaban J connectivity index is 1.25. The minimum atomic E-state index is -1.14. The van der Waals surface area contributed by atoms with Crippen molar-refractivity contribution in [2.45, 2.75) is 12.8 Å². The summed E-state index contributed by atoms with van der Waals surface area (Å²) in [4.78, 5) is 45.8. The van der Waals surface area contributed by atoms with Crippen LogP contribution in [0.2, 0.25) is 0 Å². The van der Waals surface area contributed by atoms with Gasteiger partial charge in [0.25, 0.3) is 0 Å². The van der Waals surface area contributed by atoms with Gasteiger partial charge in [-0.2, -0.15) is 4.98 Å². The lowest BCUT2D eigenvalue weighted by Gasteiger charge is -2.15. The van der Waals surface area contributed by atoms with Gasteiger partial charge in [-0.25, -0.2) is 14.2 Å². The molecule has 0 aliphatic heterocycles. The number of carbonyl (C=O) groups is 3. The number of amides is 1. The molecule has 1 aliphatic rings. The summed E-state index contributed by atoms with van der Waals surface area (Å²) in [5, 5.41) is 14.9. The van der Waals surface area contributed by atoms with E-state index in [9.17, 15) is 23.9 Å². The van der Waals surface area contributed by atoms with E-state index in [2.05, 4.69) is 20.6 Å². The SMILES string of the molecule is O=C(O)c1ccccc1Nc1nccc(Oc2ccc(C(=O)C3(C(=O)Nc4ccc(F)cc4)CC3)cc2)n1. The Morgan fingerprint density at radius 2 is 1.63 bits per heavy atom. The Morgan fingerprint density at radius 3 is 2.32 bits per heavy atom. The fourth-order valence-electron chi connectivity index (χ4n) is 3.90. The summed E-state index contributed by atoms with van der Waals surface area (Å²) in [5.41, 5.74) is 0.0414. The zero-order chi connectivity index (χ0) is 26.7. The number of para-hydroxylation sites is 1. The van der Waals surface area contributed by atoms with Crippen molar-refractivity contribution < 1.29 is 28.6 Å². The van der Waals surface area contributed by atoms with Gasteiger partial charge in [0, 0.05) is 23.5 Å². The van der Waals surface area contributed by atoms with Crippen LogP contribution >= 0.6 is 0 Å². The number of carbonyl (C=O) groups excluding carboxylic acids is 2. The second kappa shape index (κ2) is 10.1. The molecule has 1 amide bonds. The van der Waals surface area contributed by atoms with Crippen LogP contribution in [-0.4, -0.2) is 32.7 Å². The van der Waals surface area contributed by atoms with E-state index in [-0.39, 0.29) is 23.2 Å². The van der Waals surface area contributed by atoms with E-state index < -0.39 is 23.1 Å². The van der Waals surface area contributed by atoms with Crippen molar-refractivity contribution in [1.29, 1.82) is 0 Å². The number of carboxylic acid groups (broad SMARTS) is 1. The Labute approximate surface area is 216 Å². The second-order valence-electron chi connectivity index (χ2n) is 8.69. The highest BCUT2D eigenvalue weighted by molar-refractivity contribution is 6.19. The maximum atomic E-state index is 13.1. The Kier molecular flexibility index (Phi) is 6.53. The number of rotatable bonds is 9. The number of benzene rings is 3. The molecule has 0 saturated heterocycles. The highest BCUT2D eigenvalue weighted by atomic mass is 19.1. The van der Waals surface area contributed by atoms with Crippen molar-refractivity contribution in [2.75, 3.05) is 10.6 Å². The smallest absolute Gasteiger partial charge is 0.337 e. The Bertz CT molecular complexity index is 1520. The van der Waals surface area contributed by atoms with Crippen LogP contribution in [0.5, 0.6) is 11.6 Å². The molecule has 3 aromatic carbocycles. The first-order chi connectivity index (χ1) is 18.3.